The smallest absolute Gasteiger partial charge is 0.207 e. The molecule has 84 valence electrons. The van der Waals surface area contributed by atoms with Crippen LogP contribution >= 0.6 is 23.6 Å². The van der Waals surface area contributed by atoms with Crippen LogP contribution in [-0.2, 0) is 6.54 Å². The van der Waals surface area contributed by atoms with Gasteiger partial charge in [-0.1, -0.05) is 17.4 Å². The van der Waals surface area contributed by atoms with E-state index in [1.807, 2.05) is 37.1 Å². The maximum Gasteiger partial charge on any atom is 0.207 e. The summed E-state index contributed by atoms with van der Waals surface area (Å²) in [6, 6.07) is 6.01. The third-order valence-electron chi connectivity index (χ3n) is 2.10. The molecule has 0 aliphatic rings. The molecule has 0 unspecified atom stereocenters. The molecule has 0 radical (unpaired) electrons. The van der Waals surface area contributed by atoms with Gasteiger partial charge in [0.2, 0.25) is 5.13 Å². The number of aryl methyl sites for hydroxylation is 1. The van der Waals surface area contributed by atoms with Gasteiger partial charge in [-0.05, 0) is 31.3 Å². The van der Waals surface area contributed by atoms with E-state index >= 15 is 0 Å². The number of hydrogen-bond donors (Lipinski definition) is 1. The fraction of sp³-hybridized carbons (Fsp3) is 0.300. The molecule has 6 heteroatoms. The van der Waals surface area contributed by atoms with Gasteiger partial charge in [0.25, 0.3) is 0 Å². The molecular formula is C10H12N4S2. The minimum Gasteiger partial charge on any atom is -0.344 e. The normalized spacial score (nSPS) is 10.4. The van der Waals surface area contributed by atoms with Crippen molar-refractivity contribution in [3.8, 4) is 0 Å². The number of rotatable bonds is 3. The Hall–Kier alpha value is -1.27. The first kappa shape index (κ1) is 11.2. The lowest BCUT2D eigenvalue weighted by Crippen LogP contribution is -2.17. The summed E-state index contributed by atoms with van der Waals surface area (Å²) < 4.78 is 0.694. The lowest BCUT2D eigenvalue weighted by atomic mass is 10.3. The van der Waals surface area contributed by atoms with Crippen molar-refractivity contribution in [1.29, 1.82) is 0 Å². The zero-order chi connectivity index (χ0) is 11.5. The van der Waals surface area contributed by atoms with Crippen LogP contribution in [0.15, 0.2) is 18.2 Å². The van der Waals surface area contributed by atoms with Crippen LogP contribution in [0.1, 0.15) is 11.4 Å². The van der Waals surface area contributed by atoms with Crippen LogP contribution in [0.2, 0.25) is 0 Å². The second kappa shape index (κ2) is 4.71. The van der Waals surface area contributed by atoms with E-state index in [0.717, 1.165) is 23.1 Å². The monoisotopic (exact) mass is 252 g/mol. The lowest BCUT2D eigenvalue weighted by molar-refractivity contribution is 0.858. The van der Waals surface area contributed by atoms with Gasteiger partial charge in [0.15, 0.2) is 3.95 Å². The number of aromatic nitrogens is 3. The van der Waals surface area contributed by atoms with E-state index in [4.69, 9.17) is 12.2 Å². The lowest BCUT2D eigenvalue weighted by Gasteiger charge is -2.14. The molecule has 2 rings (SSSR count). The number of nitrogens with one attached hydrogen (secondary N) is 1. The third kappa shape index (κ3) is 2.65. The Morgan fingerprint density at radius 3 is 2.94 bits per heavy atom. The first-order valence-corrected chi connectivity index (χ1v) is 6.07. The highest BCUT2D eigenvalue weighted by molar-refractivity contribution is 7.73. The van der Waals surface area contributed by atoms with Crippen LogP contribution in [0, 0.1) is 10.9 Å². The van der Waals surface area contributed by atoms with E-state index in [9.17, 15) is 0 Å². The molecule has 0 aliphatic heterocycles. The van der Waals surface area contributed by atoms with Crippen LogP contribution in [0.25, 0.3) is 0 Å². The molecule has 0 fully saturated rings. The number of H-pyrrole nitrogens is 1. The predicted molar refractivity (Wildman–Crippen MR) is 68.4 cm³/mol. The molecule has 1 N–H and O–H groups in total. The fourth-order valence-corrected chi connectivity index (χ4v) is 2.22. The average Bonchev–Trinajstić information content (AvgIpc) is 2.65. The van der Waals surface area contributed by atoms with Crippen molar-refractivity contribution in [3.63, 3.8) is 0 Å². The predicted octanol–water partition coefficient (Wildman–Crippen LogP) is 2.54. The number of aromatic amines is 1. The van der Waals surface area contributed by atoms with Crippen LogP contribution < -0.4 is 4.90 Å². The van der Waals surface area contributed by atoms with Gasteiger partial charge >= 0.3 is 0 Å². The van der Waals surface area contributed by atoms with E-state index in [-0.39, 0.29) is 0 Å². The molecule has 0 amide bonds. The molecule has 4 nitrogen and oxygen atoms in total. The third-order valence-corrected chi connectivity index (χ3v) is 3.30. The number of anilines is 1. The van der Waals surface area contributed by atoms with Gasteiger partial charge in [0.05, 0.1) is 12.2 Å². The van der Waals surface area contributed by atoms with Crippen LogP contribution in [0.3, 0.4) is 0 Å². The Kier molecular flexibility index (Phi) is 3.31. The molecule has 2 aromatic rings. The SMILES string of the molecule is Cc1cccc(CN(C)c2n[nH]c(=S)s2)n1. The second-order valence-corrected chi connectivity index (χ2v) is 5.17. The topological polar surface area (TPSA) is 44.8 Å². The first-order valence-electron chi connectivity index (χ1n) is 4.84. The van der Waals surface area contributed by atoms with Crippen molar-refractivity contribution in [3.05, 3.63) is 33.5 Å². The maximum absolute atomic E-state index is 5.00. The summed E-state index contributed by atoms with van der Waals surface area (Å²) in [5.74, 6) is 0. The molecule has 0 atom stereocenters. The van der Waals surface area contributed by atoms with E-state index < -0.39 is 0 Å². The Bertz CT molecular complexity index is 531. The van der Waals surface area contributed by atoms with Crippen molar-refractivity contribution >= 4 is 28.7 Å². The molecule has 2 heterocycles. The summed E-state index contributed by atoms with van der Waals surface area (Å²) in [5, 5.41) is 7.77. The molecule has 0 bridgehead atoms. The largest absolute Gasteiger partial charge is 0.344 e. The highest BCUT2D eigenvalue weighted by Gasteiger charge is 2.06. The summed E-state index contributed by atoms with van der Waals surface area (Å²) in [5.41, 5.74) is 2.06. The Morgan fingerprint density at radius 2 is 2.31 bits per heavy atom. The van der Waals surface area contributed by atoms with Gasteiger partial charge in [0, 0.05) is 12.7 Å². The molecule has 0 aromatic carbocycles. The Labute approximate surface area is 103 Å². The van der Waals surface area contributed by atoms with Crippen molar-refractivity contribution in [2.75, 3.05) is 11.9 Å². The summed E-state index contributed by atoms with van der Waals surface area (Å²) in [6.07, 6.45) is 0. The van der Waals surface area contributed by atoms with Crippen LogP contribution in [-0.4, -0.2) is 22.2 Å². The standard InChI is InChI=1S/C10H12N4S2/c1-7-4-3-5-8(11-7)6-14(2)9-12-13-10(15)16-9/h3-5H,6H2,1-2H3,(H,13,15). The molecule has 0 spiro atoms. The Balaban J connectivity index is 2.13. The minimum atomic E-state index is 0.694. The van der Waals surface area contributed by atoms with E-state index in [0.29, 0.717) is 3.95 Å². The Morgan fingerprint density at radius 1 is 1.50 bits per heavy atom. The highest BCUT2D eigenvalue weighted by atomic mass is 32.1. The van der Waals surface area contributed by atoms with Gasteiger partial charge in [0.1, 0.15) is 0 Å². The molecule has 0 saturated carbocycles. The molecular weight excluding hydrogens is 240 g/mol. The molecule has 0 aliphatic carbocycles. The number of nitrogens with zero attached hydrogens (tertiary/aromatic N) is 3. The van der Waals surface area contributed by atoms with Gasteiger partial charge in [-0.15, -0.1) is 5.10 Å². The number of pyridine rings is 1. The van der Waals surface area contributed by atoms with E-state index in [1.54, 1.807) is 0 Å². The van der Waals surface area contributed by atoms with Crippen LogP contribution in [0.5, 0.6) is 0 Å². The fourth-order valence-electron chi connectivity index (χ4n) is 1.38. The van der Waals surface area contributed by atoms with E-state index in [1.165, 1.54) is 11.3 Å². The van der Waals surface area contributed by atoms with Gasteiger partial charge in [-0.2, -0.15) is 0 Å². The van der Waals surface area contributed by atoms with Crippen molar-refractivity contribution in [2.24, 2.45) is 0 Å². The van der Waals surface area contributed by atoms with Crippen molar-refractivity contribution in [1.82, 2.24) is 15.2 Å². The molecule has 0 saturated heterocycles. The minimum absolute atomic E-state index is 0.694. The van der Waals surface area contributed by atoms with Crippen LogP contribution in [0.4, 0.5) is 5.13 Å². The first-order chi connectivity index (χ1) is 7.65. The van der Waals surface area contributed by atoms with Gasteiger partial charge in [-0.25, -0.2) is 0 Å². The second-order valence-electron chi connectivity index (χ2n) is 3.52. The summed E-state index contributed by atoms with van der Waals surface area (Å²) in [6.45, 7) is 2.72. The van der Waals surface area contributed by atoms with Crippen molar-refractivity contribution in [2.45, 2.75) is 13.5 Å². The quantitative estimate of drug-likeness (QED) is 0.853. The maximum atomic E-state index is 5.00. The molecule has 16 heavy (non-hydrogen) atoms. The zero-order valence-electron chi connectivity index (χ0n) is 9.10. The molecule has 2 aromatic heterocycles. The average molecular weight is 252 g/mol. The number of hydrogen-bond acceptors (Lipinski definition) is 5. The van der Waals surface area contributed by atoms with Crippen molar-refractivity contribution < 1.29 is 0 Å². The highest BCUT2D eigenvalue weighted by Crippen LogP contribution is 2.17. The zero-order valence-corrected chi connectivity index (χ0v) is 10.7. The summed E-state index contributed by atoms with van der Waals surface area (Å²) >= 11 is 6.46. The van der Waals surface area contributed by atoms with E-state index in [2.05, 4.69) is 15.2 Å². The van der Waals surface area contributed by atoms with Gasteiger partial charge < -0.3 is 4.90 Å². The van der Waals surface area contributed by atoms with Gasteiger partial charge in [-0.3, -0.25) is 10.1 Å². The summed E-state index contributed by atoms with van der Waals surface area (Å²) in [7, 11) is 1.98. The summed E-state index contributed by atoms with van der Waals surface area (Å²) in [4.78, 5) is 6.47.